The molecule has 0 bridgehead atoms. The van der Waals surface area contributed by atoms with Gasteiger partial charge in [-0.05, 0) is 27.2 Å². The largest absolute Gasteiger partial charge is 0.391 e. The Kier molecular flexibility index (Phi) is 17.1. The summed E-state index contributed by atoms with van der Waals surface area (Å²) in [6, 6.07) is 0. The number of ether oxygens (including phenoxy) is 2. The lowest BCUT2D eigenvalue weighted by Gasteiger charge is -2.14. The third-order valence-corrected chi connectivity index (χ3v) is 2.15. The van der Waals surface area contributed by atoms with Gasteiger partial charge in [-0.3, -0.25) is 0 Å². The second-order valence-corrected chi connectivity index (χ2v) is 4.73. The van der Waals surface area contributed by atoms with Crippen molar-refractivity contribution in [1.82, 2.24) is 0 Å². The van der Waals surface area contributed by atoms with Crippen LogP contribution in [0, 0.1) is 5.92 Å². The molecule has 0 aromatic heterocycles. The van der Waals surface area contributed by atoms with Crippen LogP contribution >= 0.6 is 0 Å². The zero-order valence-corrected chi connectivity index (χ0v) is 14.7. The van der Waals surface area contributed by atoms with Crippen LogP contribution in [0.3, 0.4) is 0 Å². The first kappa shape index (κ1) is 24.8. The van der Waals surface area contributed by atoms with Gasteiger partial charge in [0.05, 0.1) is 12.2 Å². The van der Waals surface area contributed by atoms with E-state index >= 15 is 0 Å². The van der Waals surface area contributed by atoms with Crippen LogP contribution in [0.4, 0.5) is 0 Å². The SMILES string of the molecule is CC.CC.CC(C)(O)O.COC1OC(C(C)O)CC1C. The fraction of sp³-hybridized carbons (Fsp3) is 1.00. The van der Waals surface area contributed by atoms with E-state index in [4.69, 9.17) is 19.7 Å². The second kappa shape index (κ2) is 13.8. The highest BCUT2D eigenvalue weighted by molar-refractivity contribution is 4.77. The van der Waals surface area contributed by atoms with Crippen molar-refractivity contribution in [1.29, 1.82) is 0 Å². The number of aliphatic hydroxyl groups excluding tert-OH is 1. The molecule has 4 unspecified atom stereocenters. The lowest BCUT2D eigenvalue weighted by Crippen LogP contribution is -2.23. The molecule has 0 saturated carbocycles. The van der Waals surface area contributed by atoms with E-state index in [1.165, 1.54) is 13.8 Å². The highest BCUT2D eigenvalue weighted by Gasteiger charge is 2.34. The third-order valence-electron chi connectivity index (χ3n) is 2.15. The van der Waals surface area contributed by atoms with Gasteiger partial charge in [-0.2, -0.15) is 0 Å². The zero-order valence-electron chi connectivity index (χ0n) is 14.7. The Balaban J connectivity index is -0.000000272. The fourth-order valence-corrected chi connectivity index (χ4v) is 1.44. The average molecular weight is 296 g/mol. The summed E-state index contributed by atoms with van der Waals surface area (Å²) in [6.45, 7) is 14.4. The van der Waals surface area contributed by atoms with Crippen LogP contribution in [-0.4, -0.2) is 46.7 Å². The summed E-state index contributed by atoms with van der Waals surface area (Å²) >= 11 is 0. The van der Waals surface area contributed by atoms with E-state index in [0.717, 1.165) is 6.42 Å². The van der Waals surface area contributed by atoms with E-state index in [1.807, 2.05) is 27.7 Å². The van der Waals surface area contributed by atoms with E-state index in [-0.39, 0.29) is 12.4 Å². The summed E-state index contributed by atoms with van der Waals surface area (Å²) in [6.07, 6.45) is 0.318. The Hall–Kier alpha value is -0.200. The maximum absolute atomic E-state index is 9.20. The summed E-state index contributed by atoms with van der Waals surface area (Å²) in [5.41, 5.74) is 0. The predicted octanol–water partition coefficient (Wildman–Crippen LogP) is 2.52. The number of methoxy groups -OCH3 is 1. The van der Waals surface area contributed by atoms with Gasteiger partial charge in [0, 0.05) is 13.0 Å². The van der Waals surface area contributed by atoms with E-state index in [1.54, 1.807) is 14.0 Å². The lowest BCUT2D eigenvalue weighted by atomic mass is 10.0. The molecule has 20 heavy (non-hydrogen) atoms. The molecule has 0 aromatic rings. The van der Waals surface area contributed by atoms with Gasteiger partial charge in [0.2, 0.25) is 0 Å². The Morgan fingerprint density at radius 3 is 1.65 bits per heavy atom. The molecule has 1 aliphatic heterocycles. The van der Waals surface area contributed by atoms with Crippen molar-refractivity contribution >= 4 is 0 Å². The van der Waals surface area contributed by atoms with Crippen molar-refractivity contribution in [3.8, 4) is 0 Å². The normalized spacial score (nSPS) is 26.1. The van der Waals surface area contributed by atoms with Gasteiger partial charge in [-0.25, -0.2) is 0 Å². The highest BCUT2D eigenvalue weighted by atomic mass is 16.7. The van der Waals surface area contributed by atoms with Crippen molar-refractivity contribution in [3.05, 3.63) is 0 Å². The molecule has 4 atom stereocenters. The molecule has 1 aliphatic rings. The summed E-state index contributed by atoms with van der Waals surface area (Å²) < 4.78 is 10.5. The minimum absolute atomic E-state index is 0.0463. The standard InChI is InChI=1S/C8H16O3.C3H8O2.2C2H6/c1-5-4-7(6(2)9)11-8(5)10-3;1-3(2,4)5;2*1-2/h5-9H,4H2,1-3H3;4-5H,1-2H3;2*1-2H3. The Morgan fingerprint density at radius 1 is 1.15 bits per heavy atom. The number of hydrogen-bond donors (Lipinski definition) is 3. The van der Waals surface area contributed by atoms with Crippen molar-refractivity contribution in [2.24, 2.45) is 5.92 Å². The van der Waals surface area contributed by atoms with E-state index in [0.29, 0.717) is 5.92 Å². The van der Waals surface area contributed by atoms with Crippen LogP contribution in [0.5, 0.6) is 0 Å². The molecular weight excluding hydrogens is 260 g/mol. The molecule has 0 aliphatic carbocycles. The number of aliphatic hydroxyl groups is 3. The number of rotatable bonds is 2. The van der Waals surface area contributed by atoms with Crippen LogP contribution < -0.4 is 0 Å². The molecule has 1 saturated heterocycles. The van der Waals surface area contributed by atoms with Crippen molar-refractivity contribution in [3.63, 3.8) is 0 Å². The van der Waals surface area contributed by atoms with Crippen LogP contribution in [-0.2, 0) is 9.47 Å². The lowest BCUT2D eigenvalue weighted by molar-refractivity contribution is -0.146. The van der Waals surface area contributed by atoms with Gasteiger partial charge in [0.15, 0.2) is 12.1 Å². The van der Waals surface area contributed by atoms with Crippen LogP contribution in [0.15, 0.2) is 0 Å². The van der Waals surface area contributed by atoms with Gasteiger partial charge in [-0.15, -0.1) is 0 Å². The van der Waals surface area contributed by atoms with Gasteiger partial charge in [0.1, 0.15) is 0 Å². The molecule has 0 amide bonds. The molecule has 3 N–H and O–H groups in total. The monoisotopic (exact) mass is 296 g/mol. The summed E-state index contributed by atoms with van der Waals surface area (Å²) in [5, 5.41) is 25.4. The van der Waals surface area contributed by atoms with Gasteiger partial charge < -0.3 is 24.8 Å². The topological polar surface area (TPSA) is 79.2 Å². The Bertz CT molecular complexity index is 183. The first-order valence-corrected chi connectivity index (χ1v) is 7.46. The van der Waals surface area contributed by atoms with E-state index in [2.05, 4.69) is 6.92 Å². The Morgan fingerprint density at radius 2 is 1.50 bits per heavy atom. The molecule has 126 valence electrons. The average Bonchev–Trinajstić information content (AvgIpc) is 2.74. The minimum atomic E-state index is -1.50. The molecule has 0 spiro atoms. The molecule has 1 heterocycles. The third kappa shape index (κ3) is 15.9. The van der Waals surface area contributed by atoms with E-state index in [9.17, 15) is 5.11 Å². The molecule has 0 radical (unpaired) electrons. The van der Waals surface area contributed by atoms with Crippen LogP contribution in [0.25, 0.3) is 0 Å². The fourth-order valence-electron chi connectivity index (χ4n) is 1.44. The number of hydrogen-bond acceptors (Lipinski definition) is 5. The molecule has 5 nitrogen and oxygen atoms in total. The first-order chi connectivity index (χ1) is 9.15. The van der Waals surface area contributed by atoms with Gasteiger partial charge in [0.25, 0.3) is 0 Å². The van der Waals surface area contributed by atoms with Crippen LogP contribution in [0.2, 0.25) is 0 Å². The summed E-state index contributed by atoms with van der Waals surface area (Å²) in [7, 11) is 1.63. The maximum atomic E-state index is 9.20. The molecule has 0 aromatic carbocycles. The molecule has 5 heteroatoms. The second-order valence-electron chi connectivity index (χ2n) is 4.73. The smallest absolute Gasteiger partial charge is 0.160 e. The molecular formula is C15H36O5. The Labute approximate surface area is 124 Å². The van der Waals surface area contributed by atoms with Crippen molar-refractivity contribution < 1.29 is 24.8 Å². The minimum Gasteiger partial charge on any atom is -0.391 e. The molecule has 1 rings (SSSR count). The summed E-state index contributed by atoms with van der Waals surface area (Å²) in [5.74, 6) is -1.11. The summed E-state index contributed by atoms with van der Waals surface area (Å²) in [4.78, 5) is 0. The quantitative estimate of drug-likeness (QED) is 0.682. The maximum Gasteiger partial charge on any atom is 0.160 e. The predicted molar refractivity (Wildman–Crippen MR) is 82.3 cm³/mol. The van der Waals surface area contributed by atoms with Crippen molar-refractivity contribution in [2.45, 2.75) is 86.1 Å². The molecule has 1 fully saturated rings. The zero-order chi connectivity index (χ0) is 16.9. The van der Waals surface area contributed by atoms with E-state index < -0.39 is 11.9 Å². The first-order valence-electron chi connectivity index (χ1n) is 7.46. The van der Waals surface area contributed by atoms with Gasteiger partial charge in [-0.1, -0.05) is 34.6 Å². The van der Waals surface area contributed by atoms with Gasteiger partial charge >= 0.3 is 0 Å². The highest BCUT2D eigenvalue weighted by Crippen LogP contribution is 2.27. The van der Waals surface area contributed by atoms with Crippen molar-refractivity contribution in [2.75, 3.05) is 7.11 Å². The van der Waals surface area contributed by atoms with Crippen LogP contribution in [0.1, 0.15) is 61.8 Å².